The number of aryl methyl sites for hydroxylation is 2. The van der Waals surface area contributed by atoms with Crippen molar-refractivity contribution in [3.8, 4) is 5.75 Å². The lowest BCUT2D eigenvalue weighted by Gasteiger charge is -2.34. The van der Waals surface area contributed by atoms with E-state index in [-0.39, 0.29) is 37.0 Å². The number of hydrogen-bond acceptors (Lipinski definition) is 4. The van der Waals surface area contributed by atoms with Crippen molar-refractivity contribution in [2.24, 2.45) is 0 Å². The molecule has 1 amide bonds. The Labute approximate surface area is 172 Å². The first-order valence-corrected chi connectivity index (χ1v) is 10.6. The largest absolute Gasteiger partial charge is 0.573 e. The molecule has 2 aromatic rings. The SMILES string of the molecule is Cc1ccc(C)c(C(=O)N2CCN(S(=O)(=O)c3ccc(OC(F)(F)F)cc3)CC2)c1. The second-order valence-electron chi connectivity index (χ2n) is 7.03. The summed E-state index contributed by atoms with van der Waals surface area (Å²) in [5, 5.41) is 0. The van der Waals surface area contributed by atoms with Crippen LogP contribution in [0.25, 0.3) is 0 Å². The molecule has 0 N–H and O–H groups in total. The van der Waals surface area contributed by atoms with Crippen molar-refractivity contribution < 1.29 is 31.1 Å². The average molecular weight is 442 g/mol. The normalized spacial score (nSPS) is 15.8. The summed E-state index contributed by atoms with van der Waals surface area (Å²) in [4.78, 5) is 14.3. The van der Waals surface area contributed by atoms with E-state index in [2.05, 4.69) is 4.74 Å². The van der Waals surface area contributed by atoms with Crippen molar-refractivity contribution in [1.82, 2.24) is 9.21 Å². The summed E-state index contributed by atoms with van der Waals surface area (Å²) in [5.41, 5.74) is 2.40. The van der Waals surface area contributed by atoms with Gasteiger partial charge in [0.25, 0.3) is 5.91 Å². The van der Waals surface area contributed by atoms with Gasteiger partial charge in [-0.15, -0.1) is 13.2 Å². The maximum Gasteiger partial charge on any atom is 0.573 e. The Kier molecular flexibility index (Phi) is 6.09. The van der Waals surface area contributed by atoms with Gasteiger partial charge in [-0.3, -0.25) is 4.79 Å². The van der Waals surface area contributed by atoms with Crippen molar-refractivity contribution in [2.45, 2.75) is 25.1 Å². The fourth-order valence-electron chi connectivity index (χ4n) is 3.23. The van der Waals surface area contributed by atoms with Gasteiger partial charge in [-0.05, 0) is 49.7 Å². The van der Waals surface area contributed by atoms with Gasteiger partial charge >= 0.3 is 6.36 Å². The first-order chi connectivity index (χ1) is 14.0. The van der Waals surface area contributed by atoms with Crippen molar-refractivity contribution in [1.29, 1.82) is 0 Å². The number of rotatable bonds is 4. The fraction of sp³-hybridized carbons (Fsp3) is 0.350. The van der Waals surface area contributed by atoms with Crippen LogP contribution >= 0.6 is 0 Å². The smallest absolute Gasteiger partial charge is 0.406 e. The molecule has 10 heteroatoms. The van der Waals surface area contributed by atoms with E-state index in [0.29, 0.717) is 5.56 Å². The molecule has 0 radical (unpaired) electrons. The maximum absolute atomic E-state index is 12.8. The highest BCUT2D eigenvalue weighted by atomic mass is 32.2. The zero-order valence-electron chi connectivity index (χ0n) is 16.4. The Morgan fingerprint density at radius 1 is 0.967 bits per heavy atom. The van der Waals surface area contributed by atoms with Crippen LogP contribution in [0.15, 0.2) is 47.4 Å². The molecule has 0 spiro atoms. The van der Waals surface area contributed by atoms with Gasteiger partial charge in [0.05, 0.1) is 4.90 Å². The Balaban J connectivity index is 1.68. The van der Waals surface area contributed by atoms with E-state index in [0.717, 1.165) is 35.4 Å². The molecule has 3 rings (SSSR count). The predicted molar refractivity (Wildman–Crippen MR) is 104 cm³/mol. The third-order valence-electron chi connectivity index (χ3n) is 4.84. The summed E-state index contributed by atoms with van der Waals surface area (Å²) >= 11 is 0. The van der Waals surface area contributed by atoms with E-state index >= 15 is 0 Å². The molecule has 0 bridgehead atoms. The number of carbonyl (C=O) groups excluding carboxylic acids is 1. The Morgan fingerprint density at radius 3 is 2.13 bits per heavy atom. The van der Waals surface area contributed by atoms with Crippen LogP contribution in [0.5, 0.6) is 5.75 Å². The van der Waals surface area contributed by atoms with Gasteiger partial charge in [0, 0.05) is 31.7 Å². The van der Waals surface area contributed by atoms with Crippen LogP contribution in [0.3, 0.4) is 0 Å². The van der Waals surface area contributed by atoms with Crippen LogP contribution in [0, 0.1) is 13.8 Å². The van der Waals surface area contributed by atoms with Gasteiger partial charge in [-0.25, -0.2) is 8.42 Å². The molecule has 1 fully saturated rings. The Bertz CT molecular complexity index is 1030. The average Bonchev–Trinajstić information content (AvgIpc) is 2.68. The van der Waals surface area contributed by atoms with Crippen LogP contribution in [-0.4, -0.2) is 56.1 Å². The van der Waals surface area contributed by atoms with Crippen molar-refractivity contribution in [3.63, 3.8) is 0 Å². The lowest BCUT2D eigenvalue weighted by molar-refractivity contribution is -0.274. The standard InChI is InChI=1S/C20H21F3N2O4S/c1-14-3-4-15(2)18(13-14)19(26)24-9-11-25(12-10-24)30(27,28)17-7-5-16(6-8-17)29-20(21,22)23/h3-8,13H,9-12H2,1-2H3. The van der Waals surface area contributed by atoms with Gasteiger partial charge in [-0.2, -0.15) is 4.31 Å². The molecular weight excluding hydrogens is 421 g/mol. The molecule has 1 saturated heterocycles. The fourth-order valence-corrected chi connectivity index (χ4v) is 4.65. The van der Waals surface area contributed by atoms with Crippen LogP contribution in [0.4, 0.5) is 13.2 Å². The first kappa shape index (κ1) is 22.1. The first-order valence-electron chi connectivity index (χ1n) is 9.20. The minimum absolute atomic E-state index is 0.0970. The summed E-state index contributed by atoms with van der Waals surface area (Å²) in [5.74, 6) is -0.646. The lowest BCUT2D eigenvalue weighted by Crippen LogP contribution is -2.50. The quantitative estimate of drug-likeness (QED) is 0.729. The van der Waals surface area contributed by atoms with Crippen molar-refractivity contribution in [2.75, 3.05) is 26.2 Å². The summed E-state index contributed by atoms with van der Waals surface area (Å²) in [6.45, 7) is 4.38. The molecule has 1 aliphatic rings. The minimum Gasteiger partial charge on any atom is -0.406 e. The van der Waals surface area contributed by atoms with E-state index in [9.17, 15) is 26.4 Å². The molecule has 1 aliphatic heterocycles. The second kappa shape index (κ2) is 8.27. The van der Waals surface area contributed by atoms with Crippen LogP contribution < -0.4 is 4.74 Å². The molecular formula is C20H21F3N2O4S. The summed E-state index contributed by atoms with van der Waals surface area (Å²) in [7, 11) is -3.89. The highest BCUT2D eigenvalue weighted by Crippen LogP contribution is 2.26. The van der Waals surface area contributed by atoms with E-state index < -0.39 is 22.1 Å². The minimum atomic E-state index is -4.85. The van der Waals surface area contributed by atoms with Gasteiger partial charge in [0.2, 0.25) is 10.0 Å². The van der Waals surface area contributed by atoms with Gasteiger partial charge in [-0.1, -0.05) is 17.7 Å². The molecule has 2 aromatic carbocycles. The monoisotopic (exact) mass is 442 g/mol. The number of piperazine rings is 1. The molecule has 0 atom stereocenters. The molecule has 30 heavy (non-hydrogen) atoms. The highest BCUT2D eigenvalue weighted by Gasteiger charge is 2.33. The third kappa shape index (κ3) is 4.93. The molecule has 162 valence electrons. The van der Waals surface area contributed by atoms with Crippen LogP contribution in [0.1, 0.15) is 21.5 Å². The van der Waals surface area contributed by atoms with E-state index in [4.69, 9.17) is 0 Å². The molecule has 0 saturated carbocycles. The number of ether oxygens (including phenoxy) is 1. The molecule has 1 heterocycles. The van der Waals surface area contributed by atoms with E-state index in [1.54, 1.807) is 4.90 Å². The van der Waals surface area contributed by atoms with Crippen molar-refractivity contribution in [3.05, 3.63) is 59.2 Å². The lowest BCUT2D eigenvalue weighted by atomic mass is 10.0. The van der Waals surface area contributed by atoms with Crippen LogP contribution in [0.2, 0.25) is 0 Å². The van der Waals surface area contributed by atoms with E-state index in [1.807, 2.05) is 32.0 Å². The Morgan fingerprint density at radius 2 is 1.57 bits per heavy atom. The number of carbonyl (C=O) groups is 1. The zero-order chi connectivity index (χ0) is 22.1. The molecule has 0 unspecified atom stereocenters. The van der Waals surface area contributed by atoms with Gasteiger partial charge < -0.3 is 9.64 Å². The number of halogens is 3. The zero-order valence-corrected chi connectivity index (χ0v) is 17.3. The summed E-state index contributed by atoms with van der Waals surface area (Å²) in [6, 6.07) is 9.66. The maximum atomic E-state index is 12.8. The van der Waals surface area contributed by atoms with Gasteiger partial charge in [0.15, 0.2) is 0 Å². The predicted octanol–water partition coefficient (Wildman–Crippen LogP) is 3.35. The summed E-state index contributed by atoms with van der Waals surface area (Å²) in [6.07, 6.45) is -4.85. The summed E-state index contributed by atoms with van der Waals surface area (Å²) < 4.78 is 67.3. The number of nitrogens with zero attached hydrogens (tertiary/aromatic N) is 2. The highest BCUT2D eigenvalue weighted by molar-refractivity contribution is 7.89. The Hall–Kier alpha value is -2.59. The van der Waals surface area contributed by atoms with Crippen molar-refractivity contribution >= 4 is 15.9 Å². The molecule has 6 nitrogen and oxygen atoms in total. The van der Waals surface area contributed by atoms with E-state index in [1.165, 1.54) is 4.31 Å². The number of benzene rings is 2. The number of sulfonamides is 1. The topological polar surface area (TPSA) is 66.9 Å². The number of alkyl halides is 3. The second-order valence-corrected chi connectivity index (χ2v) is 8.97. The third-order valence-corrected chi connectivity index (χ3v) is 6.76. The van der Waals surface area contributed by atoms with Crippen LogP contribution in [-0.2, 0) is 10.0 Å². The number of amides is 1. The van der Waals surface area contributed by atoms with Gasteiger partial charge in [0.1, 0.15) is 5.75 Å². The molecule has 0 aromatic heterocycles. The molecule has 0 aliphatic carbocycles. The number of hydrogen-bond donors (Lipinski definition) is 0.